The van der Waals surface area contributed by atoms with Gasteiger partial charge in [-0.15, -0.1) is 0 Å². The third-order valence-corrected chi connectivity index (χ3v) is 5.24. The minimum atomic E-state index is -0.0104. The number of nitrogens with one attached hydrogen (secondary N) is 2. The summed E-state index contributed by atoms with van der Waals surface area (Å²) in [6.07, 6.45) is 2.19. The molecule has 2 atom stereocenters. The van der Waals surface area contributed by atoms with Crippen LogP contribution in [0.25, 0.3) is 0 Å². The Bertz CT molecular complexity index is 533. The largest absolute Gasteiger partial charge is 0.371 e. The Morgan fingerprint density at radius 2 is 1.96 bits per heavy atom. The van der Waals surface area contributed by atoms with Crippen molar-refractivity contribution < 1.29 is 4.79 Å². The van der Waals surface area contributed by atoms with Gasteiger partial charge in [0.15, 0.2) is 0 Å². The van der Waals surface area contributed by atoms with E-state index in [0.29, 0.717) is 12.0 Å². The lowest BCUT2D eigenvalue weighted by Crippen LogP contribution is -2.45. The number of anilines is 1. The monoisotopic (exact) mass is 330 g/mol. The summed E-state index contributed by atoms with van der Waals surface area (Å²) >= 11 is 0. The fraction of sp³-hybridized carbons (Fsp3) is 0.632. The number of carbonyl (C=O) groups is 1. The third-order valence-electron chi connectivity index (χ3n) is 5.24. The molecule has 2 fully saturated rings. The van der Waals surface area contributed by atoms with Gasteiger partial charge in [0.1, 0.15) is 0 Å². The average Bonchev–Trinajstić information content (AvgIpc) is 3.23. The Labute approximate surface area is 145 Å². The zero-order valence-corrected chi connectivity index (χ0v) is 14.9. The SMILES string of the molecule is CC(C)N1CC[C@H](NC(=O)NC[C@@H]2CCN(c3ccccc3)C2)C1. The van der Waals surface area contributed by atoms with Crippen LogP contribution in [0, 0.1) is 5.92 Å². The molecule has 132 valence electrons. The van der Waals surface area contributed by atoms with Crippen LogP contribution in [0.5, 0.6) is 0 Å². The topological polar surface area (TPSA) is 47.6 Å². The molecular formula is C19H30N4O. The molecule has 2 heterocycles. The van der Waals surface area contributed by atoms with Crippen LogP contribution in [-0.2, 0) is 0 Å². The maximum absolute atomic E-state index is 12.1. The molecular weight excluding hydrogens is 300 g/mol. The van der Waals surface area contributed by atoms with Crippen molar-refractivity contribution in [1.29, 1.82) is 0 Å². The van der Waals surface area contributed by atoms with E-state index in [1.807, 2.05) is 6.07 Å². The summed E-state index contributed by atoms with van der Waals surface area (Å²) in [6.45, 7) is 9.32. The Kier molecular flexibility index (Phi) is 5.61. The minimum absolute atomic E-state index is 0.0104. The van der Waals surface area contributed by atoms with Crippen LogP contribution in [-0.4, -0.2) is 55.7 Å². The lowest BCUT2D eigenvalue weighted by Gasteiger charge is -2.21. The maximum atomic E-state index is 12.1. The van der Waals surface area contributed by atoms with Crippen molar-refractivity contribution in [1.82, 2.24) is 15.5 Å². The zero-order chi connectivity index (χ0) is 16.9. The van der Waals surface area contributed by atoms with Crippen LogP contribution < -0.4 is 15.5 Å². The highest BCUT2D eigenvalue weighted by Gasteiger charge is 2.26. The van der Waals surface area contributed by atoms with Crippen LogP contribution in [0.3, 0.4) is 0 Å². The van der Waals surface area contributed by atoms with Crippen molar-refractivity contribution >= 4 is 11.7 Å². The normalized spacial score (nSPS) is 24.5. The fourth-order valence-corrected chi connectivity index (χ4v) is 3.72. The van der Waals surface area contributed by atoms with Crippen LogP contribution in [0.15, 0.2) is 30.3 Å². The smallest absolute Gasteiger partial charge is 0.315 e. The second-order valence-electron chi connectivity index (χ2n) is 7.36. The number of amides is 2. The molecule has 3 rings (SSSR count). The molecule has 0 spiro atoms. The van der Waals surface area contributed by atoms with E-state index in [4.69, 9.17) is 0 Å². The Morgan fingerprint density at radius 1 is 1.17 bits per heavy atom. The first-order valence-electron chi connectivity index (χ1n) is 9.20. The minimum Gasteiger partial charge on any atom is -0.371 e. The molecule has 24 heavy (non-hydrogen) atoms. The van der Waals surface area contributed by atoms with Gasteiger partial charge in [0.05, 0.1) is 0 Å². The number of carbonyl (C=O) groups excluding carboxylic acids is 1. The molecule has 2 amide bonds. The second kappa shape index (κ2) is 7.88. The van der Waals surface area contributed by atoms with Gasteiger partial charge in [0.2, 0.25) is 0 Å². The molecule has 0 saturated carbocycles. The second-order valence-corrected chi connectivity index (χ2v) is 7.36. The highest BCUT2D eigenvalue weighted by Crippen LogP contribution is 2.22. The first kappa shape index (κ1) is 17.1. The molecule has 0 bridgehead atoms. The summed E-state index contributed by atoms with van der Waals surface area (Å²) < 4.78 is 0. The predicted molar refractivity (Wildman–Crippen MR) is 98.4 cm³/mol. The Balaban J connectivity index is 1.37. The highest BCUT2D eigenvalue weighted by molar-refractivity contribution is 5.74. The van der Waals surface area contributed by atoms with E-state index in [0.717, 1.165) is 45.6 Å². The Hall–Kier alpha value is -1.75. The molecule has 0 aromatic heterocycles. The van der Waals surface area contributed by atoms with E-state index in [-0.39, 0.29) is 12.1 Å². The van der Waals surface area contributed by atoms with Gasteiger partial charge in [-0.3, -0.25) is 4.90 Å². The number of para-hydroxylation sites is 1. The fourth-order valence-electron chi connectivity index (χ4n) is 3.72. The van der Waals surface area contributed by atoms with E-state index >= 15 is 0 Å². The van der Waals surface area contributed by atoms with Crippen molar-refractivity contribution in [3.05, 3.63) is 30.3 Å². The van der Waals surface area contributed by atoms with Gasteiger partial charge in [0.25, 0.3) is 0 Å². The van der Waals surface area contributed by atoms with E-state index in [1.54, 1.807) is 0 Å². The molecule has 0 radical (unpaired) electrons. The van der Waals surface area contributed by atoms with Crippen molar-refractivity contribution in [2.24, 2.45) is 5.92 Å². The van der Waals surface area contributed by atoms with Crippen LogP contribution >= 0.6 is 0 Å². The van der Waals surface area contributed by atoms with E-state index in [9.17, 15) is 4.79 Å². The average molecular weight is 330 g/mol. The van der Waals surface area contributed by atoms with E-state index in [2.05, 4.69) is 58.5 Å². The van der Waals surface area contributed by atoms with Crippen molar-refractivity contribution in [2.75, 3.05) is 37.6 Å². The van der Waals surface area contributed by atoms with Crippen molar-refractivity contribution in [3.63, 3.8) is 0 Å². The molecule has 2 aliphatic rings. The molecule has 5 nitrogen and oxygen atoms in total. The highest BCUT2D eigenvalue weighted by atomic mass is 16.2. The van der Waals surface area contributed by atoms with Gasteiger partial charge >= 0.3 is 6.03 Å². The van der Waals surface area contributed by atoms with Crippen molar-refractivity contribution in [2.45, 2.75) is 38.8 Å². The molecule has 1 aromatic rings. The number of hydrogen-bond acceptors (Lipinski definition) is 3. The van der Waals surface area contributed by atoms with Gasteiger partial charge in [-0.2, -0.15) is 0 Å². The quantitative estimate of drug-likeness (QED) is 0.871. The van der Waals surface area contributed by atoms with Gasteiger partial charge in [-0.25, -0.2) is 4.79 Å². The van der Waals surface area contributed by atoms with Gasteiger partial charge in [-0.1, -0.05) is 18.2 Å². The number of hydrogen-bond donors (Lipinski definition) is 2. The number of rotatable bonds is 5. The lowest BCUT2D eigenvalue weighted by molar-refractivity contribution is 0.232. The molecule has 2 N–H and O–H groups in total. The number of likely N-dealkylation sites (tertiary alicyclic amines) is 1. The van der Waals surface area contributed by atoms with E-state index < -0.39 is 0 Å². The maximum Gasteiger partial charge on any atom is 0.315 e. The first-order valence-corrected chi connectivity index (χ1v) is 9.20. The van der Waals surface area contributed by atoms with Crippen molar-refractivity contribution in [3.8, 4) is 0 Å². The molecule has 2 aliphatic heterocycles. The van der Waals surface area contributed by atoms with Crippen LogP contribution in [0.1, 0.15) is 26.7 Å². The van der Waals surface area contributed by atoms with Gasteiger partial charge < -0.3 is 15.5 Å². The number of benzene rings is 1. The summed E-state index contributed by atoms with van der Waals surface area (Å²) in [5, 5.41) is 6.20. The van der Waals surface area contributed by atoms with Crippen LogP contribution in [0.4, 0.5) is 10.5 Å². The summed E-state index contributed by atoms with van der Waals surface area (Å²) in [7, 11) is 0. The third kappa shape index (κ3) is 4.41. The summed E-state index contributed by atoms with van der Waals surface area (Å²) in [5.41, 5.74) is 1.28. The molecule has 1 aromatic carbocycles. The molecule has 0 unspecified atom stereocenters. The number of urea groups is 1. The summed E-state index contributed by atoms with van der Waals surface area (Å²) in [5.74, 6) is 0.534. The lowest BCUT2D eigenvalue weighted by atomic mass is 10.1. The predicted octanol–water partition coefficient (Wildman–Crippen LogP) is 2.29. The van der Waals surface area contributed by atoms with E-state index in [1.165, 1.54) is 5.69 Å². The molecule has 5 heteroatoms. The number of nitrogens with zero attached hydrogens (tertiary/aromatic N) is 2. The van der Waals surface area contributed by atoms with Gasteiger partial charge in [-0.05, 0) is 44.7 Å². The van der Waals surface area contributed by atoms with Crippen LogP contribution in [0.2, 0.25) is 0 Å². The zero-order valence-electron chi connectivity index (χ0n) is 14.9. The standard InChI is InChI=1S/C19H30N4O/c1-15(2)22-11-9-17(14-22)21-19(24)20-12-16-8-10-23(13-16)18-6-4-3-5-7-18/h3-7,15-17H,8-14H2,1-2H3,(H2,20,21,24)/t16-,17-/m0/s1. The Morgan fingerprint density at radius 3 is 2.67 bits per heavy atom. The molecule has 2 saturated heterocycles. The van der Waals surface area contributed by atoms with Gasteiger partial charge in [0, 0.05) is 50.5 Å². The summed E-state index contributed by atoms with van der Waals surface area (Å²) in [4.78, 5) is 17.0. The first-order chi connectivity index (χ1) is 11.6. The molecule has 0 aliphatic carbocycles. The summed E-state index contributed by atoms with van der Waals surface area (Å²) in [6, 6.07) is 11.4.